The fourth-order valence-electron chi connectivity index (χ4n) is 2.32. The molecule has 17 heavy (non-hydrogen) atoms. The molecule has 0 spiro atoms. The van der Waals surface area contributed by atoms with Crippen LogP contribution in [0, 0.1) is 0 Å². The quantitative estimate of drug-likeness (QED) is 0.831. The van der Waals surface area contributed by atoms with Gasteiger partial charge >= 0.3 is 0 Å². The molecule has 2 N–H and O–H groups in total. The predicted molar refractivity (Wildman–Crippen MR) is 71.4 cm³/mol. The molecule has 3 nitrogen and oxygen atoms in total. The molecule has 1 fully saturated rings. The number of piperidine rings is 1. The third-order valence-electron chi connectivity index (χ3n) is 3.32. The summed E-state index contributed by atoms with van der Waals surface area (Å²) in [5, 5.41) is 12.7. The van der Waals surface area contributed by atoms with E-state index >= 15 is 0 Å². The van der Waals surface area contributed by atoms with E-state index in [1.165, 1.54) is 5.69 Å². The van der Waals surface area contributed by atoms with Gasteiger partial charge in [0.15, 0.2) is 0 Å². The first-order valence-corrected chi connectivity index (χ1v) is 6.47. The maximum absolute atomic E-state index is 9.24. The molecule has 1 atom stereocenters. The minimum absolute atomic E-state index is 0.248. The molecule has 2 rings (SSSR count). The van der Waals surface area contributed by atoms with E-state index in [1.807, 2.05) is 6.92 Å². The van der Waals surface area contributed by atoms with Crippen molar-refractivity contribution in [3.8, 4) is 0 Å². The van der Waals surface area contributed by atoms with E-state index in [0.717, 1.165) is 25.9 Å². The Labute approximate surface area is 103 Å². The van der Waals surface area contributed by atoms with Crippen LogP contribution in [0.15, 0.2) is 30.3 Å². The van der Waals surface area contributed by atoms with E-state index < -0.39 is 0 Å². The van der Waals surface area contributed by atoms with Crippen LogP contribution in [-0.4, -0.2) is 36.9 Å². The molecule has 1 aromatic carbocycles. The summed E-state index contributed by atoms with van der Waals surface area (Å²) in [6, 6.07) is 11.1. The number of nitrogens with zero attached hydrogens (tertiary/aromatic N) is 1. The van der Waals surface area contributed by atoms with Gasteiger partial charge in [0.2, 0.25) is 0 Å². The third-order valence-corrected chi connectivity index (χ3v) is 3.32. The number of nitrogens with one attached hydrogen (secondary N) is 1. The second kappa shape index (κ2) is 6.03. The van der Waals surface area contributed by atoms with E-state index in [4.69, 9.17) is 0 Å². The number of aliphatic hydroxyl groups is 1. The molecule has 0 unspecified atom stereocenters. The fourth-order valence-corrected chi connectivity index (χ4v) is 2.32. The zero-order valence-corrected chi connectivity index (χ0v) is 10.5. The monoisotopic (exact) mass is 234 g/mol. The van der Waals surface area contributed by atoms with Crippen LogP contribution in [0.2, 0.25) is 0 Å². The molecule has 0 saturated carbocycles. The summed E-state index contributed by atoms with van der Waals surface area (Å²) < 4.78 is 0. The second-order valence-electron chi connectivity index (χ2n) is 4.85. The molecule has 3 heteroatoms. The van der Waals surface area contributed by atoms with Gasteiger partial charge in [-0.05, 0) is 31.9 Å². The molecular formula is C14H22N2O. The predicted octanol–water partition coefficient (Wildman–Crippen LogP) is 1.63. The molecule has 1 saturated heterocycles. The summed E-state index contributed by atoms with van der Waals surface area (Å²) in [6.45, 7) is 4.73. The number of hydrogen-bond acceptors (Lipinski definition) is 3. The zero-order valence-electron chi connectivity index (χ0n) is 10.5. The fraction of sp³-hybridized carbons (Fsp3) is 0.571. The van der Waals surface area contributed by atoms with Gasteiger partial charge in [-0.1, -0.05) is 18.2 Å². The van der Waals surface area contributed by atoms with Crippen LogP contribution >= 0.6 is 0 Å². The summed E-state index contributed by atoms with van der Waals surface area (Å²) in [7, 11) is 0. The van der Waals surface area contributed by atoms with Crippen molar-refractivity contribution in [1.29, 1.82) is 0 Å². The molecular weight excluding hydrogens is 212 g/mol. The van der Waals surface area contributed by atoms with Crippen LogP contribution < -0.4 is 10.2 Å². The van der Waals surface area contributed by atoms with Gasteiger partial charge in [-0.25, -0.2) is 0 Å². The lowest BCUT2D eigenvalue weighted by atomic mass is 10.0. The average Bonchev–Trinajstić information content (AvgIpc) is 2.38. The van der Waals surface area contributed by atoms with Gasteiger partial charge in [-0.2, -0.15) is 0 Å². The third kappa shape index (κ3) is 3.72. The van der Waals surface area contributed by atoms with Crippen molar-refractivity contribution in [3.05, 3.63) is 30.3 Å². The lowest BCUT2D eigenvalue weighted by Crippen LogP contribution is -2.44. The number of para-hydroxylation sites is 1. The Bertz CT molecular complexity index is 318. The van der Waals surface area contributed by atoms with Crippen molar-refractivity contribution in [2.24, 2.45) is 0 Å². The highest BCUT2D eigenvalue weighted by Gasteiger charge is 2.18. The number of rotatable bonds is 4. The zero-order chi connectivity index (χ0) is 12.1. The Morgan fingerprint density at radius 1 is 1.29 bits per heavy atom. The molecule has 0 bridgehead atoms. The highest BCUT2D eigenvalue weighted by Crippen LogP contribution is 2.19. The molecule has 94 valence electrons. The van der Waals surface area contributed by atoms with E-state index in [0.29, 0.717) is 12.6 Å². The second-order valence-corrected chi connectivity index (χ2v) is 4.85. The topological polar surface area (TPSA) is 35.5 Å². The SMILES string of the molecule is C[C@H](O)CNC1CCN(c2ccccc2)CC1. The maximum atomic E-state index is 9.24. The number of hydrogen-bond donors (Lipinski definition) is 2. The van der Waals surface area contributed by atoms with Crippen LogP contribution in [-0.2, 0) is 0 Å². The first kappa shape index (κ1) is 12.4. The summed E-state index contributed by atoms with van der Waals surface area (Å²) >= 11 is 0. The minimum Gasteiger partial charge on any atom is -0.392 e. The Hall–Kier alpha value is -1.06. The molecule has 1 aliphatic heterocycles. The van der Waals surface area contributed by atoms with Crippen LogP contribution in [0.25, 0.3) is 0 Å². The lowest BCUT2D eigenvalue weighted by Gasteiger charge is -2.34. The summed E-state index contributed by atoms with van der Waals surface area (Å²) in [5.41, 5.74) is 1.32. The smallest absolute Gasteiger partial charge is 0.0636 e. The Morgan fingerprint density at radius 2 is 1.94 bits per heavy atom. The minimum atomic E-state index is -0.248. The van der Waals surface area contributed by atoms with Crippen LogP contribution in [0.1, 0.15) is 19.8 Å². The van der Waals surface area contributed by atoms with Crippen LogP contribution in [0.3, 0.4) is 0 Å². The normalized spacial score (nSPS) is 19.3. The average molecular weight is 234 g/mol. The molecule has 0 aromatic heterocycles. The van der Waals surface area contributed by atoms with Crippen molar-refractivity contribution in [3.63, 3.8) is 0 Å². The van der Waals surface area contributed by atoms with E-state index in [2.05, 4.69) is 40.5 Å². The number of benzene rings is 1. The van der Waals surface area contributed by atoms with Crippen LogP contribution in [0.5, 0.6) is 0 Å². The van der Waals surface area contributed by atoms with E-state index in [1.54, 1.807) is 0 Å². The van der Waals surface area contributed by atoms with E-state index in [-0.39, 0.29) is 6.10 Å². The van der Waals surface area contributed by atoms with Gasteiger partial charge in [0.1, 0.15) is 0 Å². The maximum Gasteiger partial charge on any atom is 0.0636 e. The van der Waals surface area contributed by atoms with Gasteiger partial charge in [0.05, 0.1) is 6.10 Å². The van der Waals surface area contributed by atoms with Crippen molar-refractivity contribution in [2.45, 2.75) is 31.9 Å². The number of aliphatic hydroxyl groups excluding tert-OH is 1. The number of anilines is 1. The Balaban J connectivity index is 1.78. The first-order chi connectivity index (χ1) is 8.25. The molecule has 0 amide bonds. The highest BCUT2D eigenvalue weighted by molar-refractivity contribution is 5.46. The van der Waals surface area contributed by atoms with Gasteiger partial charge < -0.3 is 15.3 Å². The molecule has 0 radical (unpaired) electrons. The van der Waals surface area contributed by atoms with E-state index in [9.17, 15) is 5.11 Å². The molecule has 1 aromatic rings. The summed E-state index contributed by atoms with van der Waals surface area (Å²) in [5.74, 6) is 0. The van der Waals surface area contributed by atoms with Crippen LogP contribution in [0.4, 0.5) is 5.69 Å². The standard InChI is InChI=1S/C14H22N2O/c1-12(17)11-15-13-7-9-16(10-8-13)14-5-3-2-4-6-14/h2-6,12-13,15,17H,7-11H2,1H3/t12-/m0/s1. The van der Waals surface area contributed by atoms with Gasteiger partial charge in [-0.15, -0.1) is 0 Å². The van der Waals surface area contributed by atoms with Gasteiger partial charge in [0, 0.05) is 31.4 Å². The van der Waals surface area contributed by atoms with Crippen molar-refractivity contribution in [1.82, 2.24) is 5.32 Å². The first-order valence-electron chi connectivity index (χ1n) is 6.47. The lowest BCUT2D eigenvalue weighted by molar-refractivity contribution is 0.183. The van der Waals surface area contributed by atoms with Gasteiger partial charge in [0.25, 0.3) is 0 Å². The van der Waals surface area contributed by atoms with Gasteiger partial charge in [-0.3, -0.25) is 0 Å². The van der Waals surface area contributed by atoms with Crippen molar-refractivity contribution >= 4 is 5.69 Å². The largest absolute Gasteiger partial charge is 0.392 e. The van der Waals surface area contributed by atoms with Crippen molar-refractivity contribution < 1.29 is 5.11 Å². The molecule has 1 aliphatic rings. The molecule has 0 aliphatic carbocycles. The summed E-state index contributed by atoms with van der Waals surface area (Å²) in [6.07, 6.45) is 2.06. The Morgan fingerprint density at radius 3 is 2.53 bits per heavy atom. The van der Waals surface area contributed by atoms with Crippen molar-refractivity contribution in [2.75, 3.05) is 24.5 Å². The summed E-state index contributed by atoms with van der Waals surface area (Å²) in [4.78, 5) is 2.43. The Kier molecular flexibility index (Phi) is 4.40. The highest BCUT2D eigenvalue weighted by atomic mass is 16.3. The molecule has 1 heterocycles.